The zero-order valence-corrected chi connectivity index (χ0v) is 14.9. The van der Waals surface area contributed by atoms with Gasteiger partial charge >= 0.3 is 0 Å². The molecule has 2 heterocycles. The third kappa shape index (κ3) is 3.15. The van der Waals surface area contributed by atoms with Crippen LogP contribution in [0, 0.1) is 0 Å². The molecule has 1 aliphatic heterocycles. The lowest BCUT2D eigenvalue weighted by molar-refractivity contribution is 0.0664. The second-order valence-electron chi connectivity index (χ2n) is 6.11. The highest BCUT2D eigenvalue weighted by Gasteiger charge is 2.35. The summed E-state index contributed by atoms with van der Waals surface area (Å²) in [6.45, 7) is -0.222. The van der Waals surface area contributed by atoms with Crippen LogP contribution in [-0.4, -0.2) is 42.4 Å². The maximum atomic E-state index is 12.5. The van der Waals surface area contributed by atoms with Gasteiger partial charge in [-0.1, -0.05) is 30.3 Å². The standard InChI is InChI=1S/C19H15N3O4S/c23-18-14-7-1-2-8-15(14)19(24)22(18)11-12-27(25,26)21-16-9-3-5-13-6-4-10-20-17(13)16/h1-10,21H,11-12H2. The number of pyridine rings is 1. The maximum Gasteiger partial charge on any atom is 0.261 e. The Morgan fingerprint density at radius 3 is 2.26 bits per heavy atom. The van der Waals surface area contributed by atoms with E-state index in [0.29, 0.717) is 22.3 Å². The molecule has 0 aliphatic carbocycles. The molecule has 27 heavy (non-hydrogen) atoms. The van der Waals surface area contributed by atoms with Crippen molar-refractivity contribution in [3.8, 4) is 0 Å². The Morgan fingerprint density at radius 1 is 0.889 bits per heavy atom. The molecule has 8 heteroatoms. The minimum atomic E-state index is -3.78. The molecule has 2 aromatic carbocycles. The van der Waals surface area contributed by atoms with Crippen LogP contribution in [0.15, 0.2) is 60.8 Å². The van der Waals surface area contributed by atoms with Crippen molar-refractivity contribution in [3.63, 3.8) is 0 Å². The summed E-state index contributed by atoms with van der Waals surface area (Å²) in [5, 5.41) is 0.804. The van der Waals surface area contributed by atoms with Gasteiger partial charge in [-0.2, -0.15) is 0 Å². The smallest absolute Gasteiger partial charge is 0.261 e. The fourth-order valence-corrected chi connectivity index (χ4v) is 4.08. The second kappa shape index (κ2) is 6.48. The number of anilines is 1. The summed E-state index contributed by atoms with van der Waals surface area (Å²) >= 11 is 0. The summed E-state index contributed by atoms with van der Waals surface area (Å²) in [4.78, 5) is 29.8. The molecule has 0 spiro atoms. The number of para-hydroxylation sites is 1. The average Bonchev–Trinajstić information content (AvgIpc) is 2.91. The SMILES string of the molecule is O=C1c2ccccc2C(=O)N1CCS(=O)(=O)Nc1cccc2cccnc12. The van der Waals surface area contributed by atoms with E-state index in [-0.39, 0.29) is 6.54 Å². The molecule has 2 amide bonds. The van der Waals surface area contributed by atoms with Gasteiger partial charge in [0.2, 0.25) is 10.0 Å². The van der Waals surface area contributed by atoms with E-state index >= 15 is 0 Å². The molecule has 1 N–H and O–H groups in total. The molecular weight excluding hydrogens is 366 g/mol. The number of carbonyl (C=O) groups is 2. The fraction of sp³-hybridized carbons (Fsp3) is 0.105. The van der Waals surface area contributed by atoms with E-state index in [9.17, 15) is 18.0 Å². The van der Waals surface area contributed by atoms with Crippen LogP contribution in [0.3, 0.4) is 0 Å². The molecule has 1 aromatic heterocycles. The summed E-state index contributed by atoms with van der Waals surface area (Å²) in [7, 11) is -3.78. The highest BCUT2D eigenvalue weighted by atomic mass is 32.2. The van der Waals surface area contributed by atoms with Gasteiger partial charge in [0.25, 0.3) is 11.8 Å². The number of carbonyl (C=O) groups excluding carboxylic acids is 2. The van der Waals surface area contributed by atoms with Crippen LogP contribution in [0.25, 0.3) is 10.9 Å². The van der Waals surface area contributed by atoms with E-state index in [4.69, 9.17) is 0 Å². The first kappa shape index (κ1) is 17.2. The Hall–Kier alpha value is -3.26. The van der Waals surface area contributed by atoms with Crippen LogP contribution in [0.2, 0.25) is 0 Å². The molecular formula is C19H15N3O4S. The van der Waals surface area contributed by atoms with Crippen molar-refractivity contribution in [1.82, 2.24) is 9.88 Å². The Balaban J connectivity index is 1.51. The topological polar surface area (TPSA) is 96.4 Å². The minimum Gasteiger partial charge on any atom is -0.281 e. The van der Waals surface area contributed by atoms with Crippen molar-refractivity contribution in [2.75, 3.05) is 17.0 Å². The minimum absolute atomic E-state index is 0.222. The molecule has 0 fully saturated rings. The van der Waals surface area contributed by atoms with Gasteiger partial charge in [0.15, 0.2) is 0 Å². The molecule has 0 bridgehead atoms. The molecule has 136 valence electrons. The molecule has 4 rings (SSSR count). The second-order valence-corrected chi connectivity index (χ2v) is 7.95. The number of fused-ring (bicyclic) bond motifs is 2. The molecule has 7 nitrogen and oxygen atoms in total. The highest BCUT2D eigenvalue weighted by Crippen LogP contribution is 2.24. The largest absolute Gasteiger partial charge is 0.281 e. The van der Waals surface area contributed by atoms with E-state index in [1.807, 2.05) is 12.1 Å². The summed E-state index contributed by atoms with van der Waals surface area (Å²) in [5.74, 6) is -1.35. The van der Waals surface area contributed by atoms with Gasteiger partial charge in [0.05, 0.1) is 28.1 Å². The quantitative estimate of drug-likeness (QED) is 0.684. The zero-order valence-electron chi connectivity index (χ0n) is 14.1. The van der Waals surface area contributed by atoms with Gasteiger partial charge in [-0.05, 0) is 24.3 Å². The first-order valence-electron chi connectivity index (χ1n) is 8.26. The van der Waals surface area contributed by atoms with E-state index < -0.39 is 27.6 Å². The lowest BCUT2D eigenvalue weighted by Crippen LogP contribution is -2.35. The number of nitrogens with one attached hydrogen (secondary N) is 1. The normalized spacial score (nSPS) is 13.9. The number of benzene rings is 2. The number of aromatic nitrogens is 1. The number of amides is 2. The van der Waals surface area contributed by atoms with Crippen LogP contribution in [0.5, 0.6) is 0 Å². The van der Waals surface area contributed by atoms with Crippen LogP contribution < -0.4 is 4.72 Å². The average molecular weight is 381 g/mol. The summed E-state index contributed by atoms with van der Waals surface area (Å²) in [6, 6.07) is 15.2. The zero-order chi connectivity index (χ0) is 19.0. The summed E-state index contributed by atoms with van der Waals surface area (Å²) in [6.07, 6.45) is 1.58. The van der Waals surface area contributed by atoms with Gasteiger partial charge in [0, 0.05) is 18.1 Å². The Labute approximate surface area is 155 Å². The number of rotatable bonds is 5. The number of sulfonamides is 1. The third-order valence-corrected chi connectivity index (χ3v) is 5.61. The number of imide groups is 1. The van der Waals surface area contributed by atoms with E-state index in [2.05, 4.69) is 9.71 Å². The van der Waals surface area contributed by atoms with Gasteiger partial charge in [-0.3, -0.25) is 24.2 Å². The van der Waals surface area contributed by atoms with Crippen LogP contribution in [0.4, 0.5) is 5.69 Å². The van der Waals surface area contributed by atoms with Crippen LogP contribution in [-0.2, 0) is 10.0 Å². The van der Waals surface area contributed by atoms with Crippen molar-refractivity contribution in [1.29, 1.82) is 0 Å². The predicted octanol–water partition coefficient (Wildman–Crippen LogP) is 2.27. The van der Waals surface area contributed by atoms with Crippen molar-refractivity contribution >= 4 is 38.4 Å². The number of nitrogens with zero attached hydrogens (tertiary/aromatic N) is 2. The fourth-order valence-electron chi connectivity index (χ4n) is 3.06. The monoisotopic (exact) mass is 381 g/mol. The lowest BCUT2D eigenvalue weighted by Gasteiger charge is -2.15. The van der Waals surface area contributed by atoms with E-state index in [1.165, 1.54) is 0 Å². The van der Waals surface area contributed by atoms with E-state index in [1.54, 1.807) is 48.7 Å². The van der Waals surface area contributed by atoms with Crippen LogP contribution in [0.1, 0.15) is 20.7 Å². The highest BCUT2D eigenvalue weighted by molar-refractivity contribution is 7.92. The number of hydrogen-bond acceptors (Lipinski definition) is 5. The number of hydrogen-bond donors (Lipinski definition) is 1. The Morgan fingerprint density at radius 2 is 1.56 bits per heavy atom. The van der Waals surface area contributed by atoms with E-state index in [0.717, 1.165) is 10.3 Å². The van der Waals surface area contributed by atoms with Gasteiger partial charge in [0.1, 0.15) is 0 Å². The molecule has 0 saturated heterocycles. The first-order valence-corrected chi connectivity index (χ1v) is 9.91. The molecule has 1 aliphatic rings. The maximum absolute atomic E-state index is 12.5. The van der Waals surface area contributed by atoms with Crippen molar-refractivity contribution < 1.29 is 18.0 Å². The first-order chi connectivity index (χ1) is 13.0. The molecule has 0 radical (unpaired) electrons. The van der Waals surface area contributed by atoms with Crippen molar-refractivity contribution in [3.05, 3.63) is 71.9 Å². The molecule has 0 atom stereocenters. The predicted molar refractivity (Wildman–Crippen MR) is 101 cm³/mol. The summed E-state index contributed by atoms with van der Waals surface area (Å²) < 4.78 is 27.5. The molecule has 3 aromatic rings. The molecule has 0 saturated carbocycles. The lowest BCUT2D eigenvalue weighted by atomic mass is 10.1. The Kier molecular flexibility index (Phi) is 4.12. The van der Waals surface area contributed by atoms with Crippen molar-refractivity contribution in [2.24, 2.45) is 0 Å². The van der Waals surface area contributed by atoms with Gasteiger partial charge < -0.3 is 0 Å². The third-order valence-electron chi connectivity index (χ3n) is 4.36. The summed E-state index contributed by atoms with van der Waals surface area (Å²) in [5.41, 5.74) is 1.48. The van der Waals surface area contributed by atoms with Gasteiger partial charge in [-0.15, -0.1) is 0 Å². The van der Waals surface area contributed by atoms with Crippen molar-refractivity contribution in [2.45, 2.75) is 0 Å². The van der Waals surface area contributed by atoms with Gasteiger partial charge in [-0.25, -0.2) is 8.42 Å². The van der Waals surface area contributed by atoms with Crippen LogP contribution >= 0.6 is 0 Å². The Bertz CT molecular complexity index is 1130. The molecule has 0 unspecified atom stereocenters.